The van der Waals surface area contributed by atoms with Crippen LogP contribution in [0.1, 0.15) is 21.7 Å². The SMILES string of the molecule is CNC(=O)c1ccc(N2CCN(Cc3ccnc(NC(N)=O)c3)CC2)c(C(F)(F)F)n1. The third-order valence-electron chi connectivity index (χ3n) is 4.80. The predicted molar refractivity (Wildman–Crippen MR) is 108 cm³/mol. The first-order valence-electron chi connectivity index (χ1n) is 9.46. The zero-order chi connectivity index (χ0) is 22.6. The molecule has 0 atom stereocenters. The topological polar surface area (TPSA) is 116 Å². The van der Waals surface area contributed by atoms with Gasteiger partial charge in [0.15, 0.2) is 5.69 Å². The Morgan fingerprint density at radius 1 is 1.16 bits per heavy atom. The summed E-state index contributed by atoms with van der Waals surface area (Å²) in [6.45, 7) is 2.32. The van der Waals surface area contributed by atoms with E-state index < -0.39 is 23.8 Å². The highest BCUT2D eigenvalue weighted by Gasteiger charge is 2.38. The number of amides is 3. The molecular formula is C19H22F3N7O2. The van der Waals surface area contributed by atoms with Gasteiger partial charge < -0.3 is 16.0 Å². The highest BCUT2D eigenvalue weighted by atomic mass is 19.4. The van der Waals surface area contributed by atoms with Crippen LogP contribution in [0.4, 0.5) is 29.5 Å². The third kappa shape index (κ3) is 5.60. The summed E-state index contributed by atoms with van der Waals surface area (Å²) in [6, 6.07) is 5.36. The number of urea groups is 1. The quantitative estimate of drug-likeness (QED) is 0.655. The van der Waals surface area contributed by atoms with Gasteiger partial charge in [-0.05, 0) is 29.8 Å². The van der Waals surface area contributed by atoms with E-state index in [1.807, 2.05) is 0 Å². The highest BCUT2D eigenvalue weighted by Crippen LogP contribution is 2.35. The highest BCUT2D eigenvalue weighted by molar-refractivity contribution is 5.92. The Labute approximate surface area is 176 Å². The number of nitrogens with two attached hydrogens (primary N) is 1. The molecule has 0 unspecified atom stereocenters. The molecule has 12 heteroatoms. The number of primary amides is 1. The lowest BCUT2D eigenvalue weighted by atomic mass is 10.1. The van der Waals surface area contributed by atoms with Gasteiger partial charge in [-0.15, -0.1) is 0 Å². The van der Waals surface area contributed by atoms with Crippen LogP contribution in [0, 0.1) is 0 Å². The molecule has 0 aliphatic carbocycles. The molecule has 0 spiro atoms. The second-order valence-electron chi connectivity index (χ2n) is 6.94. The first-order valence-corrected chi connectivity index (χ1v) is 9.46. The number of aromatic nitrogens is 2. The Morgan fingerprint density at radius 2 is 1.87 bits per heavy atom. The number of alkyl halides is 3. The van der Waals surface area contributed by atoms with Crippen LogP contribution in [0.25, 0.3) is 0 Å². The fraction of sp³-hybridized carbons (Fsp3) is 0.368. The van der Waals surface area contributed by atoms with Crippen LogP contribution in [-0.4, -0.2) is 60.0 Å². The summed E-state index contributed by atoms with van der Waals surface area (Å²) in [6.07, 6.45) is -3.14. The van der Waals surface area contributed by atoms with Crippen LogP contribution in [0.5, 0.6) is 0 Å². The van der Waals surface area contributed by atoms with Crippen molar-refractivity contribution in [2.45, 2.75) is 12.7 Å². The molecular weight excluding hydrogens is 415 g/mol. The van der Waals surface area contributed by atoms with E-state index in [-0.39, 0.29) is 11.4 Å². The predicted octanol–water partition coefficient (Wildman–Crippen LogP) is 1.67. The van der Waals surface area contributed by atoms with E-state index in [2.05, 4.69) is 25.5 Å². The number of hydrogen-bond acceptors (Lipinski definition) is 6. The van der Waals surface area contributed by atoms with Gasteiger partial charge in [-0.2, -0.15) is 13.2 Å². The normalized spacial score (nSPS) is 14.9. The van der Waals surface area contributed by atoms with Crippen molar-refractivity contribution in [1.29, 1.82) is 0 Å². The zero-order valence-corrected chi connectivity index (χ0v) is 16.7. The maximum Gasteiger partial charge on any atom is 0.435 e. The van der Waals surface area contributed by atoms with Crippen molar-refractivity contribution in [1.82, 2.24) is 20.2 Å². The molecule has 0 bridgehead atoms. The van der Waals surface area contributed by atoms with E-state index in [1.165, 1.54) is 19.2 Å². The lowest BCUT2D eigenvalue weighted by Gasteiger charge is -2.37. The molecule has 166 valence electrons. The van der Waals surface area contributed by atoms with Crippen LogP contribution < -0.4 is 21.3 Å². The summed E-state index contributed by atoms with van der Waals surface area (Å²) in [5, 5.41) is 4.69. The number of rotatable bonds is 5. The Balaban J connectivity index is 1.69. The van der Waals surface area contributed by atoms with Crippen molar-refractivity contribution in [3.8, 4) is 0 Å². The molecule has 1 aliphatic rings. The van der Waals surface area contributed by atoms with E-state index in [4.69, 9.17) is 5.73 Å². The van der Waals surface area contributed by atoms with Crippen molar-refractivity contribution < 1.29 is 22.8 Å². The standard InChI is InChI=1S/C19H22F3N7O2/c1-24-17(30)13-2-3-14(16(26-13)19(20,21)22)29-8-6-28(7-9-29)11-12-4-5-25-15(10-12)27-18(23)31/h2-5,10H,6-9,11H2,1H3,(H,24,30)(H3,23,25,27,31). The number of hydrogen-bond donors (Lipinski definition) is 3. The number of carbonyl (C=O) groups is 2. The first-order chi connectivity index (χ1) is 14.7. The molecule has 0 aromatic carbocycles. The third-order valence-corrected chi connectivity index (χ3v) is 4.80. The Kier molecular flexibility index (Phi) is 6.59. The molecule has 0 radical (unpaired) electrons. The minimum absolute atomic E-state index is 0.0448. The number of pyridine rings is 2. The van der Waals surface area contributed by atoms with Gasteiger partial charge in [0.05, 0.1) is 5.69 Å². The summed E-state index contributed by atoms with van der Waals surface area (Å²) in [5.74, 6) is -0.342. The smallest absolute Gasteiger partial charge is 0.367 e. The number of carbonyl (C=O) groups excluding carboxylic acids is 2. The first kappa shape index (κ1) is 22.3. The van der Waals surface area contributed by atoms with Crippen LogP contribution in [0.15, 0.2) is 30.5 Å². The average molecular weight is 437 g/mol. The van der Waals surface area contributed by atoms with Gasteiger partial charge in [0.25, 0.3) is 5.91 Å². The van der Waals surface area contributed by atoms with Crippen molar-refractivity contribution in [2.75, 3.05) is 43.4 Å². The maximum absolute atomic E-state index is 13.6. The van der Waals surface area contributed by atoms with E-state index in [0.29, 0.717) is 38.5 Å². The monoisotopic (exact) mass is 437 g/mol. The molecule has 1 aliphatic heterocycles. The molecule has 1 fully saturated rings. The van der Waals surface area contributed by atoms with Crippen LogP contribution in [0.2, 0.25) is 0 Å². The van der Waals surface area contributed by atoms with Crippen LogP contribution in [0.3, 0.4) is 0 Å². The van der Waals surface area contributed by atoms with Gasteiger partial charge in [0, 0.05) is 46.0 Å². The summed E-state index contributed by atoms with van der Waals surface area (Å²) in [7, 11) is 1.33. The maximum atomic E-state index is 13.6. The van der Waals surface area contributed by atoms with Gasteiger partial charge in [-0.25, -0.2) is 14.8 Å². The second-order valence-corrected chi connectivity index (χ2v) is 6.94. The van der Waals surface area contributed by atoms with Crippen molar-refractivity contribution >= 4 is 23.4 Å². The van der Waals surface area contributed by atoms with Gasteiger partial charge in [-0.1, -0.05) is 0 Å². The van der Waals surface area contributed by atoms with Gasteiger partial charge in [0.1, 0.15) is 11.5 Å². The fourth-order valence-corrected chi connectivity index (χ4v) is 3.34. The molecule has 9 nitrogen and oxygen atoms in total. The van der Waals surface area contributed by atoms with E-state index >= 15 is 0 Å². The van der Waals surface area contributed by atoms with Crippen LogP contribution >= 0.6 is 0 Å². The molecule has 2 aromatic heterocycles. The molecule has 3 rings (SSSR count). The summed E-state index contributed by atoms with van der Waals surface area (Å²) >= 11 is 0. The molecule has 1 saturated heterocycles. The summed E-state index contributed by atoms with van der Waals surface area (Å²) in [4.78, 5) is 33.9. The summed E-state index contributed by atoms with van der Waals surface area (Å²) in [5.41, 5.74) is 4.58. The van der Waals surface area contributed by atoms with E-state index in [9.17, 15) is 22.8 Å². The number of piperazine rings is 1. The largest absolute Gasteiger partial charge is 0.435 e. The summed E-state index contributed by atoms with van der Waals surface area (Å²) < 4.78 is 40.7. The second kappa shape index (κ2) is 9.16. The lowest BCUT2D eigenvalue weighted by Crippen LogP contribution is -2.46. The minimum Gasteiger partial charge on any atom is -0.367 e. The van der Waals surface area contributed by atoms with Crippen molar-refractivity contribution in [2.24, 2.45) is 5.73 Å². The number of nitrogens with zero attached hydrogens (tertiary/aromatic N) is 4. The fourth-order valence-electron chi connectivity index (χ4n) is 3.34. The van der Waals surface area contributed by atoms with Crippen molar-refractivity contribution in [3.05, 3.63) is 47.4 Å². The molecule has 3 heterocycles. The number of nitrogens with one attached hydrogen (secondary N) is 2. The zero-order valence-electron chi connectivity index (χ0n) is 16.7. The Hall–Kier alpha value is -3.41. The molecule has 31 heavy (non-hydrogen) atoms. The average Bonchev–Trinajstić information content (AvgIpc) is 2.72. The number of anilines is 2. The lowest BCUT2D eigenvalue weighted by molar-refractivity contribution is -0.140. The molecule has 4 N–H and O–H groups in total. The molecule has 0 saturated carbocycles. The van der Waals surface area contributed by atoms with Gasteiger partial charge >= 0.3 is 12.2 Å². The Bertz CT molecular complexity index is 960. The number of halogens is 3. The van der Waals surface area contributed by atoms with Gasteiger partial charge in [0.2, 0.25) is 0 Å². The van der Waals surface area contributed by atoms with Crippen molar-refractivity contribution in [3.63, 3.8) is 0 Å². The molecule has 3 amide bonds. The van der Waals surface area contributed by atoms with E-state index in [0.717, 1.165) is 5.56 Å². The van der Waals surface area contributed by atoms with Gasteiger partial charge in [-0.3, -0.25) is 15.0 Å². The van der Waals surface area contributed by atoms with E-state index in [1.54, 1.807) is 23.2 Å². The Morgan fingerprint density at radius 3 is 2.48 bits per heavy atom. The van der Waals surface area contributed by atoms with Crippen LogP contribution in [-0.2, 0) is 12.7 Å². The minimum atomic E-state index is -4.68. The molecule has 2 aromatic rings.